The van der Waals surface area contributed by atoms with Gasteiger partial charge in [-0.1, -0.05) is 73.1 Å². The predicted molar refractivity (Wildman–Crippen MR) is 231 cm³/mol. The van der Waals surface area contributed by atoms with Crippen LogP contribution in [-0.4, -0.2) is 128 Å². The monoisotopic (exact) mass is 814 g/mol. The second-order valence-corrected chi connectivity index (χ2v) is 16.1. The van der Waals surface area contributed by atoms with E-state index in [9.17, 15) is 19.2 Å². The molecule has 0 aliphatic carbocycles. The molecule has 4 heterocycles. The summed E-state index contributed by atoms with van der Waals surface area (Å²) in [4.78, 5) is 61.3. The third kappa shape index (κ3) is 9.13. The molecule has 1 unspecified atom stereocenters. The maximum atomic E-state index is 13.3. The second-order valence-electron chi connectivity index (χ2n) is 15.6. The SMILES string of the molecule is CC/C(=C(\c1ccc(Cl)cc1)c1ccc(OCCN2CCN(CCN3CCN(c4ccc5c(c4)C(=O)N(C4CCC(=O)NC4=O)C5=O)CC3)CC2)cc1)c1ccccc1. The Morgan fingerprint density at radius 3 is 1.90 bits per heavy atom. The van der Waals surface area contributed by atoms with Gasteiger partial charge in [-0.05, 0) is 83.1 Å². The molecule has 4 aromatic carbocycles. The number of imide groups is 2. The number of nitrogens with zero attached hydrogens (tertiary/aromatic N) is 5. The quantitative estimate of drug-likeness (QED) is 0.130. The maximum Gasteiger partial charge on any atom is 0.262 e. The fourth-order valence-corrected chi connectivity index (χ4v) is 8.84. The van der Waals surface area contributed by atoms with Crippen LogP contribution in [0.25, 0.3) is 11.1 Å². The number of halogens is 1. The van der Waals surface area contributed by atoms with Crippen molar-refractivity contribution in [2.45, 2.75) is 32.2 Å². The minimum atomic E-state index is -0.960. The predicted octanol–water partition coefficient (Wildman–Crippen LogP) is 5.93. The average Bonchev–Trinajstić information content (AvgIpc) is 3.51. The van der Waals surface area contributed by atoms with E-state index in [0.29, 0.717) is 17.7 Å². The van der Waals surface area contributed by atoms with Gasteiger partial charge in [-0.2, -0.15) is 0 Å². The zero-order valence-electron chi connectivity index (χ0n) is 33.6. The number of ether oxygens (including phenoxy) is 1. The molecule has 11 nitrogen and oxygen atoms in total. The highest BCUT2D eigenvalue weighted by molar-refractivity contribution is 6.30. The molecule has 3 saturated heterocycles. The van der Waals surface area contributed by atoms with Crippen LogP contribution in [0.4, 0.5) is 5.69 Å². The van der Waals surface area contributed by atoms with Crippen LogP contribution in [0, 0.1) is 0 Å². The number of anilines is 1. The van der Waals surface area contributed by atoms with Crippen LogP contribution in [0.2, 0.25) is 5.02 Å². The topological polar surface area (TPSA) is 106 Å². The molecular formula is C47H51ClN6O5. The lowest BCUT2D eigenvalue weighted by Gasteiger charge is -2.39. The fourth-order valence-electron chi connectivity index (χ4n) is 8.71. The van der Waals surface area contributed by atoms with Gasteiger partial charge in [-0.15, -0.1) is 0 Å². The Balaban J connectivity index is 0.767. The Morgan fingerprint density at radius 1 is 0.678 bits per heavy atom. The number of nitrogens with one attached hydrogen (secondary N) is 1. The van der Waals surface area contributed by atoms with Crippen LogP contribution >= 0.6 is 11.6 Å². The molecule has 0 spiro atoms. The molecule has 0 radical (unpaired) electrons. The van der Waals surface area contributed by atoms with Crippen molar-refractivity contribution in [1.29, 1.82) is 0 Å². The van der Waals surface area contributed by atoms with E-state index in [2.05, 4.69) is 98.6 Å². The van der Waals surface area contributed by atoms with Crippen molar-refractivity contribution in [3.8, 4) is 5.75 Å². The highest BCUT2D eigenvalue weighted by Gasteiger charge is 2.44. The lowest BCUT2D eigenvalue weighted by molar-refractivity contribution is -0.136. The van der Waals surface area contributed by atoms with Crippen molar-refractivity contribution in [2.75, 3.05) is 83.5 Å². The Kier molecular flexibility index (Phi) is 12.5. The number of benzene rings is 4. The molecule has 4 aliphatic rings. The molecule has 4 aliphatic heterocycles. The number of piperazine rings is 2. The van der Waals surface area contributed by atoms with E-state index >= 15 is 0 Å². The van der Waals surface area contributed by atoms with Gasteiger partial charge < -0.3 is 9.64 Å². The molecule has 0 aromatic heterocycles. The molecule has 8 rings (SSSR count). The highest BCUT2D eigenvalue weighted by Crippen LogP contribution is 2.36. The summed E-state index contributed by atoms with van der Waals surface area (Å²) in [6, 6.07) is 31.6. The summed E-state index contributed by atoms with van der Waals surface area (Å²) in [7, 11) is 0. The van der Waals surface area contributed by atoms with Gasteiger partial charge in [0.25, 0.3) is 11.8 Å². The molecule has 1 N–H and O–H groups in total. The zero-order chi connectivity index (χ0) is 40.9. The zero-order valence-corrected chi connectivity index (χ0v) is 34.3. The number of piperidine rings is 1. The third-order valence-electron chi connectivity index (χ3n) is 12.1. The van der Waals surface area contributed by atoms with Gasteiger partial charge in [0.1, 0.15) is 18.4 Å². The lowest BCUT2D eigenvalue weighted by atomic mass is 9.88. The van der Waals surface area contributed by atoms with Crippen LogP contribution in [0.1, 0.15) is 63.6 Å². The van der Waals surface area contributed by atoms with Gasteiger partial charge in [-0.25, -0.2) is 0 Å². The van der Waals surface area contributed by atoms with E-state index in [4.69, 9.17) is 16.3 Å². The summed E-state index contributed by atoms with van der Waals surface area (Å²) in [6.45, 7) is 13.3. The summed E-state index contributed by atoms with van der Waals surface area (Å²) in [5, 5.41) is 2.98. The number of allylic oxidation sites excluding steroid dienone is 1. The minimum Gasteiger partial charge on any atom is -0.492 e. The summed E-state index contributed by atoms with van der Waals surface area (Å²) >= 11 is 6.26. The smallest absolute Gasteiger partial charge is 0.262 e. The first kappa shape index (κ1) is 40.4. The molecule has 306 valence electrons. The van der Waals surface area contributed by atoms with Crippen LogP contribution in [-0.2, 0) is 9.59 Å². The molecule has 12 heteroatoms. The molecule has 0 bridgehead atoms. The number of hydrogen-bond donors (Lipinski definition) is 1. The van der Waals surface area contributed by atoms with Crippen LogP contribution < -0.4 is 15.0 Å². The van der Waals surface area contributed by atoms with Gasteiger partial charge in [0.2, 0.25) is 11.8 Å². The molecule has 4 amide bonds. The summed E-state index contributed by atoms with van der Waals surface area (Å²) < 4.78 is 6.24. The first-order valence-corrected chi connectivity index (χ1v) is 21.2. The van der Waals surface area contributed by atoms with Crippen molar-refractivity contribution in [3.63, 3.8) is 0 Å². The largest absolute Gasteiger partial charge is 0.492 e. The molecule has 4 aromatic rings. The lowest BCUT2D eigenvalue weighted by Crippen LogP contribution is -2.54. The van der Waals surface area contributed by atoms with E-state index in [-0.39, 0.29) is 18.7 Å². The second kappa shape index (κ2) is 18.3. The Bertz CT molecular complexity index is 2200. The van der Waals surface area contributed by atoms with Gasteiger partial charge in [0.15, 0.2) is 0 Å². The molecular weight excluding hydrogens is 764 g/mol. The fraction of sp³-hybridized carbons (Fsp3) is 0.362. The first-order valence-electron chi connectivity index (χ1n) is 20.8. The van der Waals surface area contributed by atoms with Gasteiger partial charge >= 0.3 is 0 Å². The first-order chi connectivity index (χ1) is 28.7. The van der Waals surface area contributed by atoms with Crippen molar-refractivity contribution in [1.82, 2.24) is 24.9 Å². The standard InChI is InChI=1S/C47H51ClN6O5/c1-2-39(33-6-4-3-5-7-33)44(34-8-12-36(48)13-9-34)35-10-15-38(16-11-35)59-31-30-52-24-22-50(23-25-52)20-21-51-26-28-53(29-27-51)37-14-17-40-41(32-37)47(58)54(46(40)57)42-18-19-43(55)49-45(42)56/h3-17,32,42H,2,18-31H2,1H3,(H,49,55,56)/b44-39-. The van der Waals surface area contributed by atoms with Crippen molar-refractivity contribution >= 4 is 52.1 Å². The van der Waals surface area contributed by atoms with Crippen molar-refractivity contribution in [2.24, 2.45) is 0 Å². The van der Waals surface area contributed by atoms with Gasteiger partial charge in [0, 0.05) is 89.1 Å². The number of carbonyl (C=O) groups excluding carboxylic acids is 4. The third-order valence-corrected chi connectivity index (χ3v) is 12.3. The average molecular weight is 815 g/mol. The summed E-state index contributed by atoms with van der Waals surface area (Å²) in [5.41, 5.74) is 7.53. The van der Waals surface area contributed by atoms with E-state index in [0.717, 1.165) is 111 Å². The normalized spacial score (nSPS) is 19.8. The van der Waals surface area contributed by atoms with E-state index in [1.165, 1.54) is 16.7 Å². The Morgan fingerprint density at radius 2 is 1.27 bits per heavy atom. The number of amides is 4. The Hall–Kier alpha value is -5.33. The number of carbonyl (C=O) groups is 4. The molecule has 59 heavy (non-hydrogen) atoms. The van der Waals surface area contributed by atoms with Crippen molar-refractivity contribution in [3.05, 3.63) is 130 Å². The summed E-state index contributed by atoms with van der Waals surface area (Å²) in [5.74, 6) is -1.06. The highest BCUT2D eigenvalue weighted by atomic mass is 35.5. The minimum absolute atomic E-state index is 0.102. The molecule has 3 fully saturated rings. The molecule has 0 saturated carbocycles. The van der Waals surface area contributed by atoms with E-state index < -0.39 is 23.8 Å². The van der Waals surface area contributed by atoms with Gasteiger partial charge in [-0.3, -0.25) is 44.1 Å². The van der Waals surface area contributed by atoms with E-state index in [1.807, 2.05) is 18.2 Å². The van der Waals surface area contributed by atoms with Crippen LogP contribution in [0.15, 0.2) is 97.1 Å². The number of rotatable bonds is 13. The maximum absolute atomic E-state index is 13.3. The summed E-state index contributed by atoms with van der Waals surface area (Å²) in [6.07, 6.45) is 1.15. The Labute approximate surface area is 351 Å². The van der Waals surface area contributed by atoms with E-state index in [1.54, 1.807) is 12.1 Å². The van der Waals surface area contributed by atoms with Gasteiger partial charge in [0.05, 0.1) is 11.1 Å². The number of hydrogen-bond acceptors (Lipinski definition) is 9. The van der Waals surface area contributed by atoms with Crippen molar-refractivity contribution < 1.29 is 23.9 Å². The molecule has 1 atom stereocenters. The van der Waals surface area contributed by atoms with Crippen LogP contribution in [0.3, 0.4) is 0 Å². The van der Waals surface area contributed by atoms with Crippen LogP contribution in [0.5, 0.6) is 5.75 Å². The number of fused-ring (bicyclic) bond motifs is 1.